The highest BCUT2D eigenvalue weighted by Crippen LogP contribution is 2.40. The normalized spacial score (nSPS) is 19.9. The van der Waals surface area contributed by atoms with Crippen molar-refractivity contribution in [2.75, 3.05) is 57.9 Å². The summed E-state index contributed by atoms with van der Waals surface area (Å²) < 4.78 is 60.7. The Kier molecular flexibility index (Phi) is 11.5. The van der Waals surface area contributed by atoms with Crippen LogP contribution in [-0.4, -0.2) is 91.3 Å². The largest absolute Gasteiger partial charge is 0.489 e. The van der Waals surface area contributed by atoms with E-state index in [4.69, 9.17) is 14.2 Å². The Labute approximate surface area is 291 Å². The van der Waals surface area contributed by atoms with Crippen molar-refractivity contribution in [3.63, 3.8) is 0 Å². The lowest BCUT2D eigenvalue weighted by Crippen LogP contribution is -2.69. The molecule has 2 fully saturated rings. The fraction of sp³-hybridized carbons (Fsp3) is 0.400. The molecule has 2 aromatic carbocycles. The predicted molar refractivity (Wildman–Crippen MR) is 183 cm³/mol. The molecule has 13 heteroatoms. The Bertz CT molecular complexity index is 1580. The van der Waals surface area contributed by atoms with E-state index in [9.17, 15) is 22.8 Å². The number of benzene rings is 2. The monoisotopic (exact) mass is 778 g/mol. The minimum Gasteiger partial charge on any atom is -0.489 e. The minimum atomic E-state index is -4.77. The van der Waals surface area contributed by atoms with Crippen LogP contribution in [0.5, 0.6) is 11.5 Å². The first-order valence-corrected chi connectivity index (χ1v) is 16.8. The van der Waals surface area contributed by atoms with Crippen LogP contribution in [-0.2, 0) is 15.7 Å². The van der Waals surface area contributed by atoms with Crippen molar-refractivity contribution in [2.45, 2.75) is 37.1 Å². The van der Waals surface area contributed by atoms with Crippen LogP contribution in [0.4, 0.5) is 18.9 Å². The van der Waals surface area contributed by atoms with Gasteiger partial charge in [-0.25, -0.2) is 0 Å². The molecule has 2 unspecified atom stereocenters. The van der Waals surface area contributed by atoms with E-state index in [0.29, 0.717) is 57.3 Å². The van der Waals surface area contributed by atoms with E-state index in [1.165, 1.54) is 4.90 Å². The number of piperidine rings is 1. The number of hydrogen-bond acceptors (Lipinski definition) is 7. The van der Waals surface area contributed by atoms with Gasteiger partial charge in [-0.15, -0.1) is 6.58 Å². The Morgan fingerprint density at radius 1 is 1.04 bits per heavy atom. The van der Waals surface area contributed by atoms with Gasteiger partial charge in [0.1, 0.15) is 18.1 Å². The number of likely N-dealkylation sites (tertiary alicyclic amines) is 1. The molecule has 5 rings (SSSR count). The lowest BCUT2D eigenvalue weighted by molar-refractivity contribution is -0.159. The number of alkyl halides is 3. The van der Waals surface area contributed by atoms with Crippen molar-refractivity contribution in [1.82, 2.24) is 14.8 Å². The molecular weight excluding hydrogens is 740 g/mol. The van der Waals surface area contributed by atoms with Gasteiger partial charge in [0.25, 0.3) is 11.8 Å². The summed E-state index contributed by atoms with van der Waals surface area (Å²) in [5, 5.41) is 0. The maximum absolute atomic E-state index is 14.8. The molecular formula is C35H38F3IN4O5. The van der Waals surface area contributed by atoms with E-state index in [1.54, 1.807) is 30.2 Å². The van der Waals surface area contributed by atoms with Gasteiger partial charge in [-0.1, -0.05) is 18.2 Å². The van der Waals surface area contributed by atoms with Crippen LogP contribution in [0.1, 0.15) is 35.2 Å². The van der Waals surface area contributed by atoms with Gasteiger partial charge in [0, 0.05) is 62.2 Å². The summed E-state index contributed by atoms with van der Waals surface area (Å²) in [6.45, 7) is 6.60. The van der Waals surface area contributed by atoms with E-state index in [1.807, 2.05) is 36.4 Å². The zero-order valence-electron chi connectivity index (χ0n) is 26.6. The lowest BCUT2D eigenvalue weighted by Gasteiger charge is -2.50. The molecule has 0 spiro atoms. The van der Waals surface area contributed by atoms with Gasteiger partial charge >= 0.3 is 6.18 Å². The Morgan fingerprint density at radius 2 is 1.77 bits per heavy atom. The maximum Gasteiger partial charge on any atom is 0.417 e. The van der Waals surface area contributed by atoms with Crippen molar-refractivity contribution in [1.29, 1.82) is 0 Å². The molecule has 2 aliphatic rings. The number of ether oxygens (including phenoxy) is 3. The second-order valence-corrected chi connectivity index (χ2v) is 12.8. The number of carbonyl (C=O) groups is 2. The van der Waals surface area contributed by atoms with Crippen LogP contribution in [0, 0.1) is 3.57 Å². The molecule has 0 saturated carbocycles. The number of aromatic nitrogens is 1. The summed E-state index contributed by atoms with van der Waals surface area (Å²) in [7, 11) is 1.61. The van der Waals surface area contributed by atoms with Crippen molar-refractivity contribution < 1.29 is 37.0 Å². The van der Waals surface area contributed by atoms with Crippen molar-refractivity contribution >= 4 is 40.1 Å². The summed E-state index contributed by atoms with van der Waals surface area (Å²) in [5.74, 6) is -0.0450. The molecule has 2 amide bonds. The van der Waals surface area contributed by atoms with E-state index in [-0.39, 0.29) is 25.3 Å². The Hall–Kier alpha value is -3.85. The highest BCUT2D eigenvalue weighted by atomic mass is 127. The molecule has 256 valence electrons. The predicted octanol–water partition coefficient (Wildman–Crippen LogP) is 6.08. The third kappa shape index (κ3) is 7.72. The molecule has 0 N–H and O–H groups in total. The molecule has 3 aromatic rings. The topological polar surface area (TPSA) is 84.4 Å². The van der Waals surface area contributed by atoms with Crippen LogP contribution < -0.4 is 14.4 Å². The van der Waals surface area contributed by atoms with E-state index in [2.05, 4.69) is 39.1 Å². The van der Waals surface area contributed by atoms with Crippen molar-refractivity contribution in [2.24, 2.45) is 0 Å². The van der Waals surface area contributed by atoms with E-state index >= 15 is 0 Å². The molecule has 0 radical (unpaired) electrons. The minimum absolute atomic E-state index is 0.121. The third-order valence-corrected chi connectivity index (χ3v) is 9.38. The molecule has 2 aliphatic heterocycles. The van der Waals surface area contributed by atoms with Crippen LogP contribution >= 0.6 is 22.6 Å². The number of anilines is 1. The van der Waals surface area contributed by atoms with Gasteiger partial charge in [-0.05, 0) is 77.9 Å². The second kappa shape index (κ2) is 15.6. The smallest absolute Gasteiger partial charge is 0.417 e. The number of halogens is 4. The van der Waals surface area contributed by atoms with Crippen LogP contribution in [0.3, 0.4) is 0 Å². The molecule has 2 atom stereocenters. The summed E-state index contributed by atoms with van der Waals surface area (Å²) in [6.07, 6.45) is -0.537. The third-order valence-electron chi connectivity index (χ3n) is 8.66. The summed E-state index contributed by atoms with van der Waals surface area (Å²) in [5.41, 5.74) is -2.33. The van der Waals surface area contributed by atoms with E-state index < -0.39 is 34.9 Å². The second-order valence-electron chi connectivity index (χ2n) is 11.6. The first kappa shape index (κ1) is 35.5. The lowest BCUT2D eigenvalue weighted by atomic mass is 9.80. The number of nitrogens with zero attached hydrogens (tertiary/aromatic N) is 4. The average molecular weight is 779 g/mol. The van der Waals surface area contributed by atoms with Gasteiger partial charge < -0.3 is 28.9 Å². The number of rotatable bonds is 11. The molecule has 2 saturated heterocycles. The SMILES string of the molecule is C=CCC1N(C(=O)c2cnccc2C(F)(F)F)CCCC1(Oc1ccc(I)cc1)C(=O)N1CCN(c2ccccc2OCCOC)CC1. The molecule has 0 bridgehead atoms. The van der Waals surface area contributed by atoms with Gasteiger partial charge in [0.05, 0.1) is 29.5 Å². The number of carbonyl (C=O) groups excluding carboxylic acids is 2. The van der Waals surface area contributed by atoms with Crippen LogP contribution in [0.2, 0.25) is 0 Å². The summed E-state index contributed by atoms with van der Waals surface area (Å²) >= 11 is 2.17. The number of amides is 2. The zero-order valence-corrected chi connectivity index (χ0v) is 28.8. The Balaban J connectivity index is 1.47. The highest BCUT2D eigenvalue weighted by molar-refractivity contribution is 14.1. The number of pyridine rings is 1. The van der Waals surface area contributed by atoms with Crippen molar-refractivity contribution in [3.05, 3.63) is 94.3 Å². The van der Waals surface area contributed by atoms with Gasteiger partial charge in [0.15, 0.2) is 0 Å². The van der Waals surface area contributed by atoms with Crippen LogP contribution in [0.25, 0.3) is 0 Å². The maximum atomic E-state index is 14.8. The average Bonchev–Trinajstić information content (AvgIpc) is 3.09. The number of hydrogen-bond donors (Lipinski definition) is 0. The first-order valence-electron chi connectivity index (χ1n) is 15.7. The first-order chi connectivity index (χ1) is 23.1. The van der Waals surface area contributed by atoms with Gasteiger partial charge in [-0.2, -0.15) is 13.2 Å². The molecule has 1 aromatic heterocycles. The standard InChI is InChI=1S/C35H38F3IN4O5/c1-3-7-31-34(48-26-12-10-25(39)11-13-26,15-6-17-43(31)32(44)27-24-40-16-14-28(27)35(36,37)38)33(45)42-20-18-41(19-21-42)29-8-4-5-9-30(29)47-23-22-46-2/h3-5,8-14,16,24,31H,1,6-7,15,17-23H2,2H3. The Morgan fingerprint density at radius 3 is 2.46 bits per heavy atom. The van der Waals surface area contributed by atoms with Crippen molar-refractivity contribution in [3.8, 4) is 11.5 Å². The molecule has 3 heterocycles. The summed E-state index contributed by atoms with van der Waals surface area (Å²) in [6, 6.07) is 14.8. The molecule has 0 aliphatic carbocycles. The highest BCUT2D eigenvalue weighted by Gasteiger charge is 2.55. The quantitative estimate of drug-likeness (QED) is 0.133. The molecule has 9 nitrogen and oxygen atoms in total. The van der Waals surface area contributed by atoms with Crippen LogP contribution in [0.15, 0.2) is 79.6 Å². The fourth-order valence-electron chi connectivity index (χ4n) is 6.39. The fourth-order valence-corrected chi connectivity index (χ4v) is 6.75. The zero-order chi connectivity index (χ0) is 34.3. The van der Waals surface area contributed by atoms with E-state index in [0.717, 1.165) is 27.7 Å². The molecule has 48 heavy (non-hydrogen) atoms. The number of piperazine rings is 1. The number of methoxy groups -OCH3 is 1. The van der Waals surface area contributed by atoms with Gasteiger partial charge in [0.2, 0.25) is 5.60 Å². The van der Waals surface area contributed by atoms with Gasteiger partial charge in [-0.3, -0.25) is 14.6 Å². The summed E-state index contributed by atoms with van der Waals surface area (Å²) in [4.78, 5) is 37.9. The number of para-hydroxylation sites is 2.